The minimum Gasteiger partial charge on any atom is -0.507 e. The molecule has 4 atom stereocenters. The van der Waals surface area contributed by atoms with Crippen LogP contribution in [0.25, 0.3) is 16.8 Å². The Kier molecular flexibility index (Phi) is 8.57. The molecule has 42 heavy (non-hydrogen) atoms. The van der Waals surface area contributed by atoms with E-state index in [4.69, 9.17) is 9.39 Å². The van der Waals surface area contributed by atoms with Crippen LogP contribution in [-0.4, -0.2) is 59.8 Å². The van der Waals surface area contributed by atoms with Crippen molar-refractivity contribution in [3.63, 3.8) is 0 Å². The number of nitrogens with zero attached hydrogens (tertiary/aromatic N) is 1. The van der Waals surface area contributed by atoms with Crippen molar-refractivity contribution in [1.29, 1.82) is 0 Å². The van der Waals surface area contributed by atoms with Crippen LogP contribution in [-0.2, 0) is 19.0 Å². The number of likely N-dealkylation sites (tertiary alicyclic amines) is 1. The first kappa shape index (κ1) is 29.2. The predicted molar refractivity (Wildman–Crippen MR) is 163 cm³/mol. The van der Waals surface area contributed by atoms with Gasteiger partial charge in [-0.25, -0.2) is 0 Å². The molecule has 4 aliphatic rings. The summed E-state index contributed by atoms with van der Waals surface area (Å²) < 4.78 is 11.8. The summed E-state index contributed by atoms with van der Waals surface area (Å²) in [4.78, 5) is 29.2. The number of rotatable bonds is 8. The van der Waals surface area contributed by atoms with E-state index in [0.29, 0.717) is 25.8 Å². The smallest absolute Gasteiger partial charge is 0.455 e. The molecule has 2 aliphatic carbocycles. The van der Waals surface area contributed by atoms with Crippen LogP contribution in [0.2, 0.25) is 6.32 Å². The number of carbonyl (C=O) groups excluding carboxylic acids is 2. The van der Waals surface area contributed by atoms with Gasteiger partial charge in [-0.05, 0) is 78.9 Å². The molecule has 2 heterocycles. The molecule has 2 aromatic rings. The number of amides is 2. The first-order valence-electron chi connectivity index (χ1n) is 15.7. The highest BCUT2D eigenvalue weighted by Gasteiger charge is 2.58. The van der Waals surface area contributed by atoms with E-state index in [1.165, 1.54) is 5.57 Å². The van der Waals surface area contributed by atoms with Crippen molar-refractivity contribution in [2.75, 3.05) is 13.7 Å². The Morgan fingerprint density at radius 1 is 1.07 bits per heavy atom. The molecule has 2 saturated heterocycles. The molecule has 0 spiro atoms. The van der Waals surface area contributed by atoms with E-state index in [1.54, 1.807) is 18.1 Å². The Bertz CT molecular complexity index is 1410. The third-order valence-electron chi connectivity index (χ3n) is 10.1. The van der Waals surface area contributed by atoms with Gasteiger partial charge >= 0.3 is 7.12 Å². The maximum atomic E-state index is 13.9. The number of hydrogen-bond donors (Lipinski definition) is 2. The van der Waals surface area contributed by atoms with Crippen molar-refractivity contribution in [2.24, 2.45) is 17.8 Å². The quantitative estimate of drug-likeness (QED) is 0.233. The summed E-state index contributed by atoms with van der Waals surface area (Å²) in [6.07, 6.45) is 10.0. The van der Waals surface area contributed by atoms with Crippen molar-refractivity contribution >= 4 is 35.8 Å². The number of hydrogen-bond acceptors (Lipinski definition) is 6. The van der Waals surface area contributed by atoms with Crippen molar-refractivity contribution in [2.45, 2.75) is 83.2 Å². The molecule has 222 valence electrons. The molecule has 0 aromatic heterocycles. The van der Waals surface area contributed by atoms with E-state index >= 15 is 0 Å². The van der Waals surface area contributed by atoms with Crippen LogP contribution in [0.4, 0.5) is 0 Å². The summed E-state index contributed by atoms with van der Waals surface area (Å²) in [6, 6.07) is 11.6. The fraction of sp³-hybridized carbons (Fsp3) is 0.529. The van der Waals surface area contributed by atoms with Crippen LogP contribution < -0.4 is 0 Å². The lowest BCUT2D eigenvalue weighted by Gasteiger charge is -2.43. The number of allylic oxidation sites excluding steroid dienone is 1. The first-order valence-corrected chi connectivity index (χ1v) is 15.7. The summed E-state index contributed by atoms with van der Waals surface area (Å²) in [7, 11) is 0.686. The van der Waals surface area contributed by atoms with Gasteiger partial charge in [0.15, 0.2) is 0 Å². The van der Waals surface area contributed by atoms with Gasteiger partial charge in [0.2, 0.25) is 11.8 Å². The zero-order valence-corrected chi connectivity index (χ0v) is 24.8. The Labute approximate surface area is 248 Å². The van der Waals surface area contributed by atoms with Gasteiger partial charge in [-0.1, -0.05) is 68.2 Å². The van der Waals surface area contributed by atoms with E-state index in [0.717, 1.165) is 72.4 Å². The average molecular weight is 572 g/mol. The number of phenols is 1. The number of benzene rings is 2. The topological polar surface area (TPSA) is 96.3 Å². The van der Waals surface area contributed by atoms with Crippen LogP contribution in [0.15, 0.2) is 53.1 Å². The minimum absolute atomic E-state index is 0.00691. The Morgan fingerprint density at radius 3 is 2.57 bits per heavy atom. The zero-order chi connectivity index (χ0) is 29.4. The first-order chi connectivity index (χ1) is 20.4. The molecule has 0 radical (unpaired) electrons. The molecule has 3 fully saturated rings. The maximum absolute atomic E-state index is 13.9. The van der Waals surface area contributed by atoms with E-state index in [2.05, 4.69) is 13.0 Å². The Hall–Kier alpha value is -2.94. The lowest BCUT2D eigenvalue weighted by molar-refractivity contribution is -0.143. The standard InChI is InChI=1S/C34H42BNO6/c1-3-21(17-22-14-15-29(37)26-12-8-7-11-25(22)26)13-16-30-31-23(20-41-2)18-27-32(28(31)19-35(40)42-30)34(39)36(33(27)38)24-9-5-4-6-10-24/h7-8,11-12,14-15,17,24,27-28,30,32,37,40H,3-6,9-10,13,16,18-20H2,1-2H3/b21-17+/t27-,28+,30-,32-/m1/s1. The Balaban J connectivity index is 1.28. The summed E-state index contributed by atoms with van der Waals surface area (Å²) >= 11 is 0. The third-order valence-corrected chi connectivity index (χ3v) is 10.1. The molecule has 2 amide bonds. The van der Waals surface area contributed by atoms with Gasteiger partial charge < -0.3 is 19.5 Å². The summed E-state index contributed by atoms with van der Waals surface area (Å²) in [5.41, 5.74) is 4.42. The summed E-state index contributed by atoms with van der Waals surface area (Å²) in [6.45, 7) is 2.53. The maximum Gasteiger partial charge on any atom is 0.455 e. The molecule has 2 aromatic carbocycles. The third kappa shape index (κ3) is 5.33. The van der Waals surface area contributed by atoms with Crippen LogP contribution in [0.1, 0.15) is 70.3 Å². The van der Waals surface area contributed by atoms with E-state index in [-0.39, 0.29) is 41.5 Å². The highest BCUT2D eigenvalue weighted by atomic mass is 16.5. The second-order valence-corrected chi connectivity index (χ2v) is 12.5. The van der Waals surface area contributed by atoms with Crippen LogP contribution in [0.3, 0.4) is 0 Å². The van der Waals surface area contributed by atoms with Crippen molar-refractivity contribution in [1.82, 2.24) is 4.90 Å². The molecule has 2 aliphatic heterocycles. The number of imide groups is 1. The fourth-order valence-corrected chi connectivity index (χ4v) is 8.11. The van der Waals surface area contributed by atoms with Crippen molar-refractivity contribution in [3.05, 3.63) is 58.7 Å². The molecule has 1 saturated carbocycles. The number of phenolic OH excluding ortho intramolecular Hbond substituents is 1. The minimum atomic E-state index is -0.979. The second-order valence-electron chi connectivity index (χ2n) is 12.5. The van der Waals surface area contributed by atoms with Crippen LogP contribution in [0.5, 0.6) is 5.75 Å². The number of aromatic hydroxyl groups is 1. The van der Waals surface area contributed by atoms with Crippen LogP contribution in [0, 0.1) is 17.8 Å². The predicted octanol–water partition coefficient (Wildman–Crippen LogP) is 5.90. The molecule has 2 N–H and O–H groups in total. The average Bonchev–Trinajstić information content (AvgIpc) is 3.25. The largest absolute Gasteiger partial charge is 0.507 e. The lowest BCUT2D eigenvalue weighted by atomic mass is 9.58. The van der Waals surface area contributed by atoms with Crippen LogP contribution >= 0.6 is 0 Å². The molecule has 8 heteroatoms. The number of fused-ring (bicyclic) bond motifs is 4. The number of carbonyl (C=O) groups is 2. The second kappa shape index (κ2) is 12.4. The Morgan fingerprint density at radius 2 is 1.83 bits per heavy atom. The summed E-state index contributed by atoms with van der Waals surface area (Å²) in [5.74, 6) is -0.829. The van der Waals surface area contributed by atoms with Gasteiger partial charge in [0, 0.05) is 18.5 Å². The number of ether oxygens (including phenoxy) is 1. The van der Waals surface area contributed by atoms with E-state index in [1.807, 2.05) is 30.3 Å². The van der Waals surface area contributed by atoms with E-state index < -0.39 is 13.0 Å². The molecular weight excluding hydrogens is 529 g/mol. The number of methoxy groups -OCH3 is 1. The molecule has 0 unspecified atom stereocenters. The molecule has 7 nitrogen and oxygen atoms in total. The lowest BCUT2D eigenvalue weighted by Crippen LogP contribution is -2.47. The normalized spacial score (nSPS) is 27.2. The highest BCUT2D eigenvalue weighted by molar-refractivity contribution is 6.43. The molecular formula is C34H42BNO6. The molecule has 0 bridgehead atoms. The van der Waals surface area contributed by atoms with Gasteiger partial charge in [-0.2, -0.15) is 0 Å². The van der Waals surface area contributed by atoms with Crippen molar-refractivity contribution in [3.8, 4) is 5.75 Å². The van der Waals surface area contributed by atoms with Gasteiger partial charge in [-0.15, -0.1) is 0 Å². The van der Waals surface area contributed by atoms with Gasteiger partial charge in [-0.3, -0.25) is 14.5 Å². The fourth-order valence-electron chi connectivity index (χ4n) is 8.11. The van der Waals surface area contributed by atoms with Gasteiger partial charge in [0.1, 0.15) is 5.75 Å². The zero-order valence-electron chi connectivity index (χ0n) is 24.8. The van der Waals surface area contributed by atoms with Gasteiger partial charge in [0.05, 0.1) is 24.5 Å². The monoisotopic (exact) mass is 571 g/mol. The SMILES string of the molecule is CC/C(=C\c1ccc(O)c2ccccc12)CC[C@H]1OB(O)C[C@H]2C1=C(COC)C[C@H]1C(=O)N(C3CCCCC3)C(=O)[C@H]12. The highest BCUT2D eigenvalue weighted by Crippen LogP contribution is 2.51. The van der Waals surface area contributed by atoms with Gasteiger partial charge in [0.25, 0.3) is 0 Å². The molecule has 6 rings (SSSR count). The van der Waals surface area contributed by atoms with E-state index in [9.17, 15) is 19.7 Å². The van der Waals surface area contributed by atoms with Crippen molar-refractivity contribution < 1.29 is 29.1 Å². The summed E-state index contributed by atoms with van der Waals surface area (Å²) in [5, 5.41) is 23.1.